The molecule has 0 amide bonds. The van der Waals surface area contributed by atoms with E-state index >= 15 is 0 Å². The van der Waals surface area contributed by atoms with Crippen LogP contribution in [0.25, 0.3) is 0 Å². The normalized spacial score (nSPS) is 17.7. The Kier molecular flexibility index (Phi) is 20.2. The number of carbonyl (C=O) groups excluding carboxylic acids is 4. The van der Waals surface area contributed by atoms with Gasteiger partial charge in [0.25, 0.3) is 0 Å². The number of likely N-dealkylation sites (N-methyl/N-ethyl adjacent to an activating group) is 2. The molecule has 0 aromatic rings. The van der Waals surface area contributed by atoms with Crippen molar-refractivity contribution in [3.05, 3.63) is 23.0 Å². The fraction of sp³-hybridized carbons (Fsp3) is 0.583. The van der Waals surface area contributed by atoms with Crippen LogP contribution in [0.4, 0.5) is 0 Å². The lowest BCUT2D eigenvalue weighted by Gasteiger charge is -2.14. The minimum absolute atomic E-state index is 0.0309. The average Bonchev–Trinajstić information content (AvgIpc) is 3.41. The number of rotatable bonds is 10. The molecule has 0 aliphatic carbocycles. The van der Waals surface area contributed by atoms with Crippen molar-refractivity contribution in [3.8, 4) is 0 Å². The van der Waals surface area contributed by atoms with Crippen LogP contribution in [0.5, 0.6) is 0 Å². The van der Waals surface area contributed by atoms with Crippen molar-refractivity contribution in [3.63, 3.8) is 0 Å². The number of guanidine groups is 2. The van der Waals surface area contributed by atoms with Crippen LogP contribution in [-0.4, -0.2) is 164 Å². The highest BCUT2D eigenvalue weighted by Crippen LogP contribution is 2.21. The summed E-state index contributed by atoms with van der Waals surface area (Å²) in [6, 6.07) is 0. The summed E-state index contributed by atoms with van der Waals surface area (Å²) in [4.78, 5) is 45.2. The Morgan fingerprint density at radius 1 is 0.761 bits per heavy atom. The zero-order chi connectivity index (χ0) is 36.3. The molecular formula is C24H42N6O16. The molecule has 14 N–H and O–H groups in total. The van der Waals surface area contributed by atoms with E-state index in [2.05, 4.69) is 18.9 Å². The summed E-state index contributed by atoms with van der Waals surface area (Å²) in [6.07, 6.45) is -5.55. The second-order valence-corrected chi connectivity index (χ2v) is 8.71. The zero-order valence-corrected chi connectivity index (χ0v) is 25.4. The monoisotopic (exact) mass is 670 g/mol. The number of hydrogen-bond donors (Lipinski definition) is 12. The molecule has 0 fully saturated rings. The highest BCUT2D eigenvalue weighted by Gasteiger charge is 2.39. The number of hydrogen-bond acceptors (Lipinski definition) is 18. The van der Waals surface area contributed by atoms with Crippen LogP contribution in [-0.2, 0) is 38.1 Å². The molecule has 0 saturated heterocycles. The molecule has 0 bridgehead atoms. The van der Waals surface area contributed by atoms with Crippen LogP contribution in [0.1, 0.15) is 13.8 Å². The highest BCUT2D eigenvalue weighted by molar-refractivity contribution is 5.89. The summed E-state index contributed by atoms with van der Waals surface area (Å²) >= 11 is 0. The fourth-order valence-corrected chi connectivity index (χ4v) is 2.62. The van der Waals surface area contributed by atoms with Crippen molar-refractivity contribution < 1.29 is 79.0 Å². The quantitative estimate of drug-likeness (QED) is 0.0455. The van der Waals surface area contributed by atoms with E-state index in [0.29, 0.717) is 13.2 Å². The van der Waals surface area contributed by atoms with Gasteiger partial charge in [0.05, 0.1) is 26.4 Å². The molecular weight excluding hydrogens is 628 g/mol. The van der Waals surface area contributed by atoms with Crippen LogP contribution in [0, 0.1) is 10.8 Å². The van der Waals surface area contributed by atoms with Crippen molar-refractivity contribution in [1.29, 1.82) is 10.8 Å². The second kappa shape index (κ2) is 21.6. The molecule has 0 aromatic carbocycles. The van der Waals surface area contributed by atoms with Gasteiger partial charge in [0, 0.05) is 14.1 Å². The molecule has 0 saturated carbocycles. The Bertz CT molecular complexity index is 1040. The maximum Gasteiger partial charge on any atom is 0.377 e. The highest BCUT2D eigenvalue weighted by atomic mass is 16.6. The molecule has 46 heavy (non-hydrogen) atoms. The smallest absolute Gasteiger partial charge is 0.377 e. The molecule has 0 aromatic heterocycles. The van der Waals surface area contributed by atoms with Crippen LogP contribution in [0.2, 0.25) is 0 Å². The first-order valence-electron chi connectivity index (χ1n) is 13.0. The molecule has 2 aliphatic rings. The molecule has 0 spiro atoms. The third-order valence-electron chi connectivity index (χ3n) is 5.12. The van der Waals surface area contributed by atoms with E-state index in [1.165, 1.54) is 9.80 Å². The van der Waals surface area contributed by atoms with Gasteiger partial charge in [-0.1, -0.05) is 0 Å². The molecule has 4 atom stereocenters. The van der Waals surface area contributed by atoms with Crippen molar-refractivity contribution in [2.45, 2.75) is 38.3 Å². The van der Waals surface area contributed by atoms with E-state index in [1.54, 1.807) is 27.9 Å². The number of aliphatic hydroxyl groups is 8. The van der Waals surface area contributed by atoms with Crippen LogP contribution in [0.3, 0.4) is 0 Å². The first-order valence-corrected chi connectivity index (χ1v) is 13.0. The van der Waals surface area contributed by atoms with Gasteiger partial charge in [-0.05, 0) is 13.8 Å². The number of cyclic esters (lactones) is 2. The first kappa shape index (κ1) is 43.1. The van der Waals surface area contributed by atoms with Crippen molar-refractivity contribution in [2.24, 2.45) is 11.5 Å². The Balaban J connectivity index is 0. The summed E-state index contributed by atoms with van der Waals surface area (Å²) in [6.45, 7) is 2.88. The van der Waals surface area contributed by atoms with Gasteiger partial charge in [0.15, 0.2) is 35.6 Å². The molecule has 2 rings (SSSR count). The van der Waals surface area contributed by atoms with Gasteiger partial charge in [-0.15, -0.1) is 0 Å². The number of nitrogens with zero attached hydrogens (tertiary/aromatic N) is 2. The van der Waals surface area contributed by atoms with Crippen LogP contribution >= 0.6 is 0 Å². The molecule has 22 heteroatoms. The summed E-state index contributed by atoms with van der Waals surface area (Å²) in [5, 5.41) is 83.9. The fourth-order valence-electron chi connectivity index (χ4n) is 2.62. The van der Waals surface area contributed by atoms with Gasteiger partial charge in [-0.3, -0.25) is 20.4 Å². The number of esters is 4. The Morgan fingerprint density at radius 3 is 1.22 bits per heavy atom. The Hall–Kier alpha value is -5.06. The van der Waals surface area contributed by atoms with Gasteiger partial charge in [0.1, 0.15) is 25.3 Å². The topological polar surface area (TPSA) is 373 Å². The molecule has 0 radical (unpaired) electrons. The number of nitrogens with one attached hydrogen (secondary N) is 2. The number of aliphatic hydroxyl groups excluding tert-OH is 8. The van der Waals surface area contributed by atoms with Gasteiger partial charge in [-0.2, -0.15) is 0 Å². The lowest BCUT2D eigenvalue weighted by atomic mass is 10.2. The van der Waals surface area contributed by atoms with Crippen molar-refractivity contribution in [1.82, 2.24) is 9.80 Å². The third kappa shape index (κ3) is 15.1. The second-order valence-electron chi connectivity index (χ2n) is 8.71. The van der Waals surface area contributed by atoms with E-state index in [-0.39, 0.29) is 36.9 Å². The van der Waals surface area contributed by atoms with Gasteiger partial charge in [-0.25, -0.2) is 9.59 Å². The summed E-state index contributed by atoms with van der Waals surface area (Å²) in [5.41, 5.74) is 10.2. The maximum atomic E-state index is 10.7. The largest absolute Gasteiger partial charge is 0.505 e. The summed E-state index contributed by atoms with van der Waals surface area (Å²) in [5.74, 6) is -6.58. The molecule has 2 heterocycles. The number of nitrogens with two attached hydrogens (primary N) is 2. The SMILES string of the molecule is CCOC(=O)CN(C)C(=N)N.CCOC(=O)CN(C)C(=N)N.O=C1O[C@H]([C@@H](O)CO)C(O)=C1O.O=C1O[C@H]([C@@H](O)CO)C(O)=C1O. The minimum Gasteiger partial charge on any atom is -0.505 e. The van der Waals surface area contributed by atoms with Crippen molar-refractivity contribution in [2.75, 3.05) is 53.6 Å². The van der Waals surface area contributed by atoms with Crippen LogP contribution < -0.4 is 11.5 Å². The van der Waals surface area contributed by atoms with Crippen molar-refractivity contribution >= 4 is 35.8 Å². The molecule has 2 aliphatic heterocycles. The van der Waals surface area contributed by atoms with Gasteiger partial charge < -0.3 is 81.1 Å². The zero-order valence-electron chi connectivity index (χ0n) is 25.4. The third-order valence-corrected chi connectivity index (χ3v) is 5.12. The lowest BCUT2D eigenvalue weighted by molar-refractivity contribution is -0.148. The van der Waals surface area contributed by atoms with Gasteiger partial charge in [0.2, 0.25) is 11.5 Å². The minimum atomic E-state index is -1.42. The first-order chi connectivity index (χ1) is 21.3. The van der Waals surface area contributed by atoms with E-state index in [4.69, 9.17) is 63.1 Å². The van der Waals surface area contributed by atoms with E-state index in [9.17, 15) is 19.2 Å². The predicted molar refractivity (Wildman–Crippen MR) is 153 cm³/mol. The maximum absolute atomic E-state index is 10.7. The molecule has 264 valence electrons. The van der Waals surface area contributed by atoms with E-state index in [0.717, 1.165) is 0 Å². The number of ether oxygens (including phenoxy) is 4. The standard InChI is InChI=1S/2C6H13N3O2.2C6H8O6/c2*1-3-11-5(10)4-9(2)6(7)8;2*7-1-2(8)5-3(9)4(10)6(11)12-5/h2*3-4H2,1-2H3,(H3,7,8);2*2,5,7-10H,1H2/t;;2*2-,5+/m..00/s1. The van der Waals surface area contributed by atoms with Gasteiger partial charge >= 0.3 is 23.9 Å². The van der Waals surface area contributed by atoms with Crippen LogP contribution in [0.15, 0.2) is 23.0 Å². The predicted octanol–water partition coefficient (Wildman–Crippen LogP) is -4.07. The summed E-state index contributed by atoms with van der Waals surface area (Å²) in [7, 11) is 3.11. The molecule has 22 nitrogen and oxygen atoms in total. The average molecular weight is 671 g/mol. The Morgan fingerprint density at radius 2 is 1.04 bits per heavy atom. The lowest BCUT2D eigenvalue weighted by Crippen LogP contribution is -2.37. The van der Waals surface area contributed by atoms with E-state index in [1.807, 2.05) is 0 Å². The molecule has 0 unspecified atom stereocenters. The number of carbonyl (C=O) groups is 4. The Labute approximate surface area is 262 Å². The summed E-state index contributed by atoms with van der Waals surface area (Å²) < 4.78 is 17.9. The van der Waals surface area contributed by atoms with E-state index < -0.39 is 72.6 Å².